The van der Waals surface area contributed by atoms with E-state index >= 15 is 0 Å². The maximum Gasteiger partial charge on any atom is 0.00383 e. The summed E-state index contributed by atoms with van der Waals surface area (Å²) >= 11 is 0. The zero-order chi connectivity index (χ0) is 12.1. The van der Waals surface area contributed by atoms with Gasteiger partial charge in [-0.15, -0.1) is 0 Å². The van der Waals surface area contributed by atoms with Gasteiger partial charge < -0.3 is 5.32 Å². The Kier molecular flexibility index (Phi) is 5.01. The fraction of sp³-hybridized carbons (Fsp3) is 0.600. The standard InChI is InChI=1S/C15H25N/c1-11-6-7-13(3)15(9-11)10-12(2)8-14(4)16-5/h6-7,9,12,14,16H,8,10H2,1-5H3. The third-order valence-corrected chi connectivity index (χ3v) is 3.32. The highest BCUT2D eigenvalue weighted by Gasteiger charge is 2.09. The minimum Gasteiger partial charge on any atom is -0.317 e. The molecule has 1 heteroatoms. The lowest BCUT2D eigenvalue weighted by Crippen LogP contribution is -2.24. The molecule has 0 saturated carbocycles. The summed E-state index contributed by atoms with van der Waals surface area (Å²) in [5, 5.41) is 3.31. The summed E-state index contributed by atoms with van der Waals surface area (Å²) in [7, 11) is 2.04. The first-order valence-corrected chi connectivity index (χ1v) is 6.26. The molecule has 1 N–H and O–H groups in total. The molecule has 0 heterocycles. The number of nitrogens with one attached hydrogen (secondary N) is 1. The molecule has 16 heavy (non-hydrogen) atoms. The second-order valence-corrected chi connectivity index (χ2v) is 5.16. The molecule has 0 aliphatic heterocycles. The van der Waals surface area contributed by atoms with Crippen molar-refractivity contribution < 1.29 is 0 Å². The molecule has 2 unspecified atom stereocenters. The second-order valence-electron chi connectivity index (χ2n) is 5.16. The number of rotatable bonds is 5. The summed E-state index contributed by atoms with van der Waals surface area (Å²) in [5.74, 6) is 0.739. The second kappa shape index (κ2) is 6.05. The van der Waals surface area contributed by atoms with E-state index in [-0.39, 0.29) is 0 Å². The number of hydrogen-bond donors (Lipinski definition) is 1. The lowest BCUT2D eigenvalue weighted by molar-refractivity contribution is 0.439. The van der Waals surface area contributed by atoms with E-state index in [2.05, 4.69) is 51.2 Å². The Morgan fingerprint density at radius 3 is 2.50 bits per heavy atom. The van der Waals surface area contributed by atoms with Crippen molar-refractivity contribution in [1.29, 1.82) is 0 Å². The topological polar surface area (TPSA) is 12.0 Å². The lowest BCUT2D eigenvalue weighted by atomic mass is 9.92. The zero-order valence-electron chi connectivity index (χ0n) is 11.3. The van der Waals surface area contributed by atoms with Crippen LogP contribution in [0.5, 0.6) is 0 Å². The van der Waals surface area contributed by atoms with Gasteiger partial charge in [0.1, 0.15) is 0 Å². The number of hydrogen-bond acceptors (Lipinski definition) is 1. The van der Waals surface area contributed by atoms with Crippen LogP contribution in [0.25, 0.3) is 0 Å². The van der Waals surface area contributed by atoms with E-state index in [1.165, 1.54) is 29.5 Å². The van der Waals surface area contributed by atoms with Gasteiger partial charge in [0, 0.05) is 6.04 Å². The third-order valence-electron chi connectivity index (χ3n) is 3.32. The van der Waals surface area contributed by atoms with Crippen molar-refractivity contribution in [2.75, 3.05) is 7.05 Å². The highest BCUT2D eigenvalue weighted by atomic mass is 14.8. The molecule has 0 spiro atoms. The molecule has 1 aromatic carbocycles. The molecule has 0 amide bonds. The van der Waals surface area contributed by atoms with Gasteiger partial charge in [0.15, 0.2) is 0 Å². The summed E-state index contributed by atoms with van der Waals surface area (Å²) < 4.78 is 0. The molecule has 1 aromatic rings. The summed E-state index contributed by atoms with van der Waals surface area (Å²) in [4.78, 5) is 0. The minimum absolute atomic E-state index is 0.611. The van der Waals surface area contributed by atoms with E-state index in [0.29, 0.717) is 6.04 Å². The van der Waals surface area contributed by atoms with Crippen LogP contribution in [0.4, 0.5) is 0 Å². The number of aryl methyl sites for hydroxylation is 2. The van der Waals surface area contributed by atoms with Crippen LogP contribution in [0.1, 0.15) is 37.0 Å². The fourth-order valence-corrected chi connectivity index (χ4v) is 2.20. The van der Waals surface area contributed by atoms with Crippen molar-refractivity contribution in [3.8, 4) is 0 Å². The Labute approximate surface area is 100 Å². The Bertz CT molecular complexity index is 330. The SMILES string of the molecule is CNC(C)CC(C)Cc1cc(C)ccc1C. The van der Waals surface area contributed by atoms with Crippen LogP contribution in [0.2, 0.25) is 0 Å². The van der Waals surface area contributed by atoms with E-state index in [1.54, 1.807) is 0 Å². The van der Waals surface area contributed by atoms with Crippen LogP contribution >= 0.6 is 0 Å². The highest BCUT2D eigenvalue weighted by molar-refractivity contribution is 5.30. The third kappa shape index (κ3) is 3.97. The molecule has 0 aromatic heterocycles. The van der Waals surface area contributed by atoms with E-state index in [0.717, 1.165) is 5.92 Å². The molecular formula is C15H25N. The van der Waals surface area contributed by atoms with Gasteiger partial charge in [-0.25, -0.2) is 0 Å². The van der Waals surface area contributed by atoms with Crippen LogP contribution in [0.15, 0.2) is 18.2 Å². The first kappa shape index (κ1) is 13.2. The monoisotopic (exact) mass is 219 g/mol. The predicted molar refractivity (Wildman–Crippen MR) is 71.9 cm³/mol. The largest absolute Gasteiger partial charge is 0.317 e. The summed E-state index contributed by atoms with van der Waals surface area (Å²) in [6.45, 7) is 8.97. The summed E-state index contributed by atoms with van der Waals surface area (Å²) in [5.41, 5.74) is 4.31. The van der Waals surface area contributed by atoms with Crippen molar-refractivity contribution in [3.63, 3.8) is 0 Å². The zero-order valence-corrected chi connectivity index (χ0v) is 11.3. The summed E-state index contributed by atoms with van der Waals surface area (Å²) in [6.07, 6.45) is 2.43. The van der Waals surface area contributed by atoms with E-state index in [4.69, 9.17) is 0 Å². The van der Waals surface area contributed by atoms with Crippen LogP contribution < -0.4 is 5.32 Å². The highest BCUT2D eigenvalue weighted by Crippen LogP contribution is 2.18. The molecule has 2 atom stereocenters. The Morgan fingerprint density at radius 2 is 1.88 bits per heavy atom. The first-order chi connectivity index (χ1) is 7.52. The lowest BCUT2D eigenvalue weighted by Gasteiger charge is -2.18. The fourth-order valence-electron chi connectivity index (χ4n) is 2.20. The predicted octanol–water partition coefficient (Wildman–Crippen LogP) is 3.48. The molecule has 1 rings (SSSR count). The van der Waals surface area contributed by atoms with Crippen molar-refractivity contribution in [1.82, 2.24) is 5.32 Å². The van der Waals surface area contributed by atoms with Gasteiger partial charge in [-0.2, -0.15) is 0 Å². The molecular weight excluding hydrogens is 194 g/mol. The maximum absolute atomic E-state index is 3.31. The van der Waals surface area contributed by atoms with Crippen molar-refractivity contribution in [2.45, 2.75) is 46.6 Å². The van der Waals surface area contributed by atoms with Crippen LogP contribution in [-0.4, -0.2) is 13.1 Å². The maximum atomic E-state index is 3.31. The van der Waals surface area contributed by atoms with Gasteiger partial charge in [0.2, 0.25) is 0 Å². The van der Waals surface area contributed by atoms with E-state index in [9.17, 15) is 0 Å². The molecule has 0 saturated heterocycles. The average Bonchev–Trinajstić information content (AvgIpc) is 2.23. The Morgan fingerprint density at radius 1 is 1.19 bits per heavy atom. The van der Waals surface area contributed by atoms with Crippen molar-refractivity contribution in [3.05, 3.63) is 34.9 Å². The Hall–Kier alpha value is -0.820. The van der Waals surface area contributed by atoms with Crippen LogP contribution in [0, 0.1) is 19.8 Å². The van der Waals surface area contributed by atoms with Gasteiger partial charge in [-0.05, 0) is 57.7 Å². The van der Waals surface area contributed by atoms with Gasteiger partial charge >= 0.3 is 0 Å². The van der Waals surface area contributed by atoms with Crippen molar-refractivity contribution >= 4 is 0 Å². The summed E-state index contributed by atoms with van der Waals surface area (Å²) in [6, 6.07) is 7.37. The van der Waals surface area contributed by atoms with Gasteiger partial charge in [0.05, 0.1) is 0 Å². The van der Waals surface area contributed by atoms with Gasteiger partial charge in [-0.3, -0.25) is 0 Å². The molecule has 0 bridgehead atoms. The molecule has 0 aliphatic rings. The van der Waals surface area contributed by atoms with Crippen LogP contribution in [-0.2, 0) is 6.42 Å². The molecule has 0 fully saturated rings. The minimum atomic E-state index is 0.611. The van der Waals surface area contributed by atoms with E-state index in [1.807, 2.05) is 7.05 Å². The average molecular weight is 219 g/mol. The first-order valence-electron chi connectivity index (χ1n) is 6.26. The van der Waals surface area contributed by atoms with Gasteiger partial charge in [0.25, 0.3) is 0 Å². The molecule has 0 aliphatic carbocycles. The van der Waals surface area contributed by atoms with Crippen molar-refractivity contribution in [2.24, 2.45) is 5.92 Å². The van der Waals surface area contributed by atoms with E-state index < -0.39 is 0 Å². The normalized spacial score (nSPS) is 14.8. The Balaban J connectivity index is 2.61. The molecule has 0 radical (unpaired) electrons. The molecule has 90 valence electrons. The molecule has 1 nitrogen and oxygen atoms in total. The smallest absolute Gasteiger partial charge is 0.00383 e. The van der Waals surface area contributed by atoms with Crippen LogP contribution in [0.3, 0.4) is 0 Å². The quantitative estimate of drug-likeness (QED) is 0.799. The van der Waals surface area contributed by atoms with Gasteiger partial charge in [-0.1, -0.05) is 30.7 Å². The number of benzene rings is 1.